The topological polar surface area (TPSA) is 132 Å². The van der Waals surface area contributed by atoms with Crippen molar-refractivity contribution >= 4 is 17.0 Å². The van der Waals surface area contributed by atoms with Crippen LogP contribution in [0.25, 0.3) is 11.0 Å². The van der Waals surface area contributed by atoms with Gasteiger partial charge >= 0.3 is 5.97 Å². The number of aromatic nitrogens is 3. The lowest BCUT2D eigenvalue weighted by Gasteiger charge is -2.33. The van der Waals surface area contributed by atoms with E-state index in [1.165, 1.54) is 13.2 Å². The summed E-state index contributed by atoms with van der Waals surface area (Å²) in [5.74, 6) is 1.84. The van der Waals surface area contributed by atoms with Gasteiger partial charge in [0.05, 0.1) is 56.1 Å². The molecule has 0 unspecified atom stereocenters. The number of methoxy groups -OCH3 is 2. The third-order valence-corrected chi connectivity index (χ3v) is 8.52. The first-order chi connectivity index (χ1) is 21.5. The summed E-state index contributed by atoms with van der Waals surface area (Å²) in [6.45, 7) is 4.01. The molecule has 2 aromatic carbocycles. The minimum absolute atomic E-state index is 0.0876. The average molecular weight is 598 g/mol. The van der Waals surface area contributed by atoms with E-state index in [0.717, 1.165) is 61.4 Å². The maximum atomic E-state index is 11.8. The van der Waals surface area contributed by atoms with Crippen LogP contribution >= 0.6 is 0 Å². The summed E-state index contributed by atoms with van der Waals surface area (Å²) in [5.41, 5.74) is 4.05. The first-order valence-electron chi connectivity index (χ1n) is 14.8. The highest BCUT2D eigenvalue weighted by atomic mass is 16.5. The fourth-order valence-electron chi connectivity index (χ4n) is 5.99. The van der Waals surface area contributed by atoms with Gasteiger partial charge in [0, 0.05) is 23.9 Å². The molecular formula is C33H35N5O6. The van der Waals surface area contributed by atoms with Crippen LogP contribution in [0.3, 0.4) is 0 Å². The number of piperidine rings is 1. The summed E-state index contributed by atoms with van der Waals surface area (Å²) in [5, 5.41) is 18.9. The highest BCUT2D eigenvalue weighted by Gasteiger charge is 2.28. The van der Waals surface area contributed by atoms with E-state index in [9.17, 15) is 15.2 Å². The lowest BCUT2D eigenvalue weighted by atomic mass is 9.90. The van der Waals surface area contributed by atoms with Gasteiger partial charge in [-0.15, -0.1) is 0 Å². The molecule has 0 aliphatic carbocycles. The van der Waals surface area contributed by atoms with Crippen molar-refractivity contribution in [1.29, 1.82) is 5.26 Å². The quantitative estimate of drug-likeness (QED) is 0.258. The molecule has 0 spiro atoms. The van der Waals surface area contributed by atoms with Crippen molar-refractivity contribution in [3.05, 3.63) is 76.7 Å². The molecule has 4 aromatic rings. The van der Waals surface area contributed by atoms with Crippen LogP contribution in [0.1, 0.15) is 58.1 Å². The maximum Gasteiger partial charge on any atom is 0.335 e. The van der Waals surface area contributed by atoms with Crippen LogP contribution in [-0.2, 0) is 24.4 Å². The molecule has 11 nitrogen and oxygen atoms in total. The molecule has 2 fully saturated rings. The number of rotatable bonds is 11. The zero-order valence-corrected chi connectivity index (χ0v) is 24.9. The first-order valence-corrected chi connectivity index (χ1v) is 14.8. The molecule has 1 N–H and O–H groups in total. The van der Waals surface area contributed by atoms with Crippen molar-refractivity contribution in [2.75, 3.05) is 33.9 Å². The number of nitriles is 1. The SMILES string of the molecule is COc1cc(C#N)ccc1COc1ncccc1C1CCN(Cc2nc3c(OC)cc(C(=O)O)cc3n2C[C@@H]2CCO2)CC1. The Morgan fingerprint density at radius 1 is 1.11 bits per heavy atom. The average Bonchev–Trinajstić information content (AvgIpc) is 3.38. The smallest absolute Gasteiger partial charge is 0.335 e. The zero-order chi connectivity index (χ0) is 30.6. The number of carbonyl (C=O) groups is 1. The molecule has 6 rings (SSSR count). The molecule has 11 heteroatoms. The van der Waals surface area contributed by atoms with Crippen LogP contribution in [0.2, 0.25) is 0 Å². The predicted molar refractivity (Wildman–Crippen MR) is 161 cm³/mol. The van der Waals surface area contributed by atoms with E-state index in [1.54, 1.807) is 31.5 Å². The Morgan fingerprint density at radius 2 is 1.91 bits per heavy atom. The number of carboxylic acid groups (broad SMARTS) is 1. The van der Waals surface area contributed by atoms with Crippen molar-refractivity contribution in [2.24, 2.45) is 0 Å². The molecule has 4 heterocycles. The molecule has 1 atom stereocenters. The normalized spacial score (nSPS) is 17.2. The number of fused-ring (bicyclic) bond motifs is 1. The fourth-order valence-corrected chi connectivity index (χ4v) is 5.99. The first kappa shape index (κ1) is 29.4. The van der Waals surface area contributed by atoms with Crippen LogP contribution in [0, 0.1) is 11.3 Å². The molecule has 2 saturated heterocycles. The van der Waals surface area contributed by atoms with Gasteiger partial charge in [0.25, 0.3) is 0 Å². The minimum Gasteiger partial charge on any atom is -0.496 e. The van der Waals surface area contributed by atoms with Gasteiger partial charge in [0.15, 0.2) is 0 Å². The summed E-state index contributed by atoms with van der Waals surface area (Å²) in [4.78, 5) is 23.7. The molecule has 2 aromatic heterocycles. The number of aromatic carboxylic acids is 1. The lowest BCUT2D eigenvalue weighted by molar-refractivity contribution is -0.0592. The van der Waals surface area contributed by atoms with Crippen LogP contribution in [0.15, 0.2) is 48.7 Å². The van der Waals surface area contributed by atoms with Crippen molar-refractivity contribution in [3.8, 4) is 23.4 Å². The standard InChI is InChI=1S/C33H35N5O6/c1-41-28-14-21(17-34)5-6-23(28)20-44-32-26(4-3-10-35-32)22-7-11-37(12-8-22)19-30-36-31-27(38(30)18-25-9-13-43-25)15-24(33(39)40)16-29(31)42-2/h3-6,10,14-16,22,25H,7-9,11-13,18-20H2,1-2H3,(H,39,40)/t25-/m0/s1. The van der Waals surface area contributed by atoms with Gasteiger partial charge in [-0.25, -0.2) is 14.8 Å². The molecule has 0 bridgehead atoms. The molecule has 2 aliphatic rings. The number of hydrogen-bond donors (Lipinski definition) is 1. The van der Waals surface area contributed by atoms with Crippen molar-refractivity contribution in [3.63, 3.8) is 0 Å². The van der Waals surface area contributed by atoms with Gasteiger partial charge in [0.2, 0.25) is 5.88 Å². The summed E-state index contributed by atoms with van der Waals surface area (Å²) in [6, 6.07) is 14.7. The molecule has 0 amide bonds. The van der Waals surface area contributed by atoms with Crippen LogP contribution in [0.5, 0.6) is 17.4 Å². The van der Waals surface area contributed by atoms with Crippen LogP contribution < -0.4 is 14.2 Å². The number of nitrogens with zero attached hydrogens (tertiary/aromatic N) is 5. The Morgan fingerprint density at radius 3 is 2.59 bits per heavy atom. The number of ether oxygens (including phenoxy) is 4. The molecule has 0 radical (unpaired) electrons. The van der Waals surface area contributed by atoms with Gasteiger partial charge in [-0.1, -0.05) is 12.1 Å². The summed E-state index contributed by atoms with van der Waals surface area (Å²) >= 11 is 0. The Balaban J connectivity index is 1.17. The van der Waals surface area contributed by atoms with Crippen molar-refractivity contribution in [2.45, 2.75) is 51.0 Å². The monoisotopic (exact) mass is 597 g/mol. The molecule has 0 saturated carbocycles. The molecular weight excluding hydrogens is 562 g/mol. The second-order valence-corrected chi connectivity index (χ2v) is 11.1. The minimum atomic E-state index is -1.00. The number of imidazole rings is 1. The molecule has 2 aliphatic heterocycles. The lowest BCUT2D eigenvalue weighted by Crippen LogP contribution is -2.35. The van der Waals surface area contributed by atoms with Crippen LogP contribution in [-0.4, -0.2) is 70.5 Å². The predicted octanol–water partition coefficient (Wildman–Crippen LogP) is 4.77. The van der Waals surface area contributed by atoms with E-state index in [2.05, 4.69) is 26.6 Å². The maximum absolute atomic E-state index is 11.8. The number of benzene rings is 2. The Labute approximate surface area is 255 Å². The highest BCUT2D eigenvalue weighted by molar-refractivity contribution is 5.95. The van der Waals surface area contributed by atoms with E-state index in [0.29, 0.717) is 47.5 Å². The summed E-state index contributed by atoms with van der Waals surface area (Å²) in [7, 11) is 3.12. The number of hydrogen-bond acceptors (Lipinski definition) is 9. The van der Waals surface area contributed by atoms with E-state index in [-0.39, 0.29) is 18.3 Å². The van der Waals surface area contributed by atoms with Crippen molar-refractivity contribution < 1.29 is 28.8 Å². The second-order valence-electron chi connectivity index (χ2n) is 11.1. The third-order valence-electron chi connectivity index (χ3n) is 8.52. The van der Waals surface area contributed by atoms with Gasteiger partial charge in [-0.05, 0) is 68.6 Å². The summed E-state index contributed by atoms with van der Waals surface area (Å²) < 4.78 is 25.0. The van der Waals surface area contributed by atoms with Gasteiger partial charge in [-0.3, -0.25) is 4.90 Å². The fraction of sp³-hybridized carbons (Fsp3) is 0.394. The van der Waals surface area contributed by atoms with E-state index < -0.39 is 5.97 Å². The zero-order valence-electron chi connectivity index (χ0n) is 24.9. The van der Waals surface area contributed by atoms with E-state index in [4.69, 9.17) is 23.9 Å². The Kier molecular flexibility index (Phi) is 8.63. The number of carboxylic acids is 1. The van der Waals surface area contributed by atoms with Gasteiger partial charge < -0.3 is 28.6 Å². The summed E-state index contributed by atoms with van der Waals surface area (Å²) in [6.07, 6.45) is 4.66. The van der Waals surface area contributed by atoms with E-state index >= 15 is 0 Å². The Bertz CT molecular complexity index is 1700. The molecule has 228 valence electrons. The van der Waals surface area contributed by atoms with Gasteiger partial charge in [-0.2, -0.15) is 5.26 Å². The van der Waals surface area contributed by atoms with Gasteiger partial charge in [0.1, 0.15) is 29.4 Å². The largest absolute Gasteiger partial charge is 0.496 e. The second kappa shape index (κ2) is 12.9. The van der Waals surface area contributed by atoms with E-state index in [1.807, 2.05) is 12.1 Å². The van der Waals surface area contributed by atoms with Crippen molar-refractivity contribution in [1.82, 2.24) is 19.4 Å². The number of likely N-dealkylation sites (tertiary alicyclic amines) is 1. The number of pyridine rings is 1. The van der Waals surface area contributed by atoms with Crippen LogP contribution in [0.4, 0.5) is 0 Å². The molecule has 44 heavy (non-hydrogen) atoms. The third kappa shape index (κ3) is 6.04. The highest BCUT2D eigenvalue weighted by Crippen LogP contribution is 2.35. The Hall–Kier alpha value is -4.66.